The highest BCUT2D eigenvalue weighted by molar-refractivity contribution is 5.75. The Bertz CT molecular complexity index is 252. The highest BCUT2D eigenvalue weighted by Crippen LogP contribution is 2.27. The number of hydrogen-bond donors (Lipinski definition) is 1. The van der Waals surface area contributed by atoms with Crippen molar-refractivity contribution in [1.82, 2.24) is 10.2 Å². The Labute approximate surface area is 111 Å². The number of carbonyl (C=O) groups is 1. The number of nitrogens with zero attached hydrogens (tertiary/aromatic N) is 1. The maximum atomic E-state index is 11.8. The van der Waals surface area contributed by atoms with E-state index in [1.165, 1.54) is 26.4 Å². The molecule has 1 N–H and O–H groups in total. The summed E-state index contributed by atoms with van der Waals surface area (Å²) in [5.74, 6) is 0.679. The maximum Gasteiger partial charge on any atom is 0.324 e. The van der Waals surface area contributed by atoms with Crippen molar-refractivity contribution in [1.29, 1.82) is 0 Å². The molecular weight excluding hydrogens is 228 g/mol. The molecule has 0 aromatic rings. The monoisotopic (exact) mass is 256 g/mol. The van der Waals surface area contributed by atoms with E-state index in [0.29, 0.717) is 0 Å². The molecule has 1 aliphatic carbocycles. The van der Waals surface area contributed by atoms with Gasteiger partial charge in [0.25, 0.3) is 0 Å². The fraction of sp³-hybridized carbons (Fsp3) is 0.929. The molecule has 0 bridgehead atoms. The van der Waals surface area contributed by atoms with E-state index in [4.69, 9.17) is 4.74 Å². The summed E-state index contributed by atoms with van der Waals surface area (Å²) in [5.41, 5.74) is 0. The third kappa shape index (κ3) is 4.94. The van der Waals surface area contributed by atoms with Gasteiger partial charge < -0.3 is 15.0 Å². The summed E-state index contributed by atoms with van der Waals surface area (Å²) in [6, 6.07) is 0.0755. The standard InChI is InChI=1S/C14H28N2O2/c1-5-16(9-12-7-6-8-12)10-13(14(17)18-4)15-11(2)3/h11-13,15H,5-10H2,1-4H3. The largest absolute Gasteiger partial charge is 0.468 e. The van der Waals surface area contributed by atoms with Gasteiger partial charge in [0.15, 0.2) is 0 Å². The Morgan fingerprint density at radius 1 is 1.44 bits per heavy atom. The number of carbonyl (C=O) groups excluding carboxylic acids is 1. The van der Waals surface area contributed by atoms with Crippen molar-refractivity contribution in [3.05, 3.63) is 0 Å². The normalized spacial score (nSPS) is 17.9. The molecule has 0 aromatic heterocycles. The molecule has 106 valence electrons. The molecule has 18 heavy (non-hydrogen) atoms. The van der Waals surface area contributed by atoms with Crippen LogP contribution in [0.4, 0.5) is 0 Å². The second-order valence-electron chi connectivity index (χ2n) is 5.55. The number of esters is 1. The zero-order chi connectivity index (χ0) is 13.5. The van der Waals surface area contributed by atoms with Crippen molar-refractivity contribution in [2.45, 2.75) is 52.1 Å². The van der Waals surface area contributed by atoms with Crippen molar-refractivity contribution in [2.24, 2.45) is 5.92 Å². The number of rotatable bonds is 8. The van der Waals surface area contributed by atoms with Gasteiger partial charge in [0.2, 0.25) is 0 Å². The lowest BCUT2D eigenvalue weighted by atomic mass is 9.85. The highest BCUT2D eigenvalue weighted by Gasteiger charge is 2.25. The van der Waals surface area contributed by atoms with Crippen LogP contribution in [-0.2, 0) is 9.53 Å². The Hall–Kier alpha value is -0.610. The van der Waals surface area contributed by atoms with Crippen molar-refractivity contribution >= 4 is 5.97 Å². The summed E-state index contributed by atoms with van der Waals surface area (Å²) in [6.07, 6.45) is 4.06. The van der Waals surface area contributed by atoms with E-state index >= 15 is 0 Å². The van der Waals surface area contributed by atoms with Crippen molar-refractivity contribution in [2.75, 3.05) is 26.7 Å². The second kappa shape index (κ2) is 7.74. The molecule has 1 atom stereocenters. The molecule has 0 amide bonds. The minimum atomic E-state index is -0.213. The molecular formula is C14H28N2O2. The third-order valence-corrected chi connectivity index (χ3v) is 3.65. The molecule has 1 rings (SSSR count). The highest BCUT2D eigenvalue weighted by atomic mass is 16.5. The van der Waals surface area contributed by atoms with E-state index in [2.05, 4.69) is 31.0 Å². The van der Waals surface area contributed by atoms with Gasteiger partial charge in [-0.1, -0.05) is 27.2 Å². The number of likely N-dealkylation sites (N-methyl/N-ethyl adjacent to an activating group) is 1. The van der Waals surface area contributed by atoms with Gasteiger partial charge in [-0.2, -0.15) is 0 Å². The summed E-state index contributed by atoms with van der Waals surface area (Å²) < 4.78 is 4.88. The lowest BCUT2D eigenvalue weighted by molar-refractivity contribution is -0.143. The molecule has 0 radical (unpaired) electrons. The van der Waals surface area contributed by atoms with Gasteiger partial charge in [-0.15, -0.1) is 0 Å². The quantitative estimate of drug-likeness (QED) is 0.671. The fourth-order valence-corrected chi connectivity index (χ4v) is 2.37. The van der Waals surface area contributed by atoms with E-state index < -0.39 is 0 Å². The summed E-state index contributed by atoms with van der Waals surface area (Å²) in [4.78, 5) is 14.1. The Kier molecular flexibility index (Phi) is 6.65. The van der Waals surface area contributed by atoms with Gasteiger partial charge in [0, 0.05) is 19.1 Å². The first kappa shape index (κ1) is 15.4. The summed E-state index contributed by atoms with van der Waals surface area (Å²) >= 11 is 0. The van der Waals surface area contributed by atoms with Crippen LogP contribution in [-0.4, -0.2) is 49.7 Å². The van der Waals surface area contributed by atoms with Gasteiger partial charge in [0.1, 0.15) is 6.04 Å². The summed E-state index contributed by atoms with van der Waals surface area (Å²) in [6.45, 7) is 9.12. The molecule has 1 fully saturated rings. The zero-order valence-corrected chi connectivity index (χ0v) is 12.2. The molecule has 0 heterocycles. The Morgan fingerprint density at radius 2 is 2.11 bits per heavy atom. The maximum absolute atomic E-state index is 11.8. The van der Waals surface area contributed by atoms with Crippen molar-refractivity contribution < 1.29 is 9.53 Å². The average molecular weight is 256 g/mol. The fourth-order valence-electron chi connectivity index (χ4n) is 2.37. The third-order valence-electron chi connectivity index (χ3n) is 3.65. The van der Waals surface area contributed by atoms with Crippen LogP contribution < -0.4 is 5.32 Å². The molecule has 4 heteroatoms. The van der Waals surface area contributed by atoms with E-state index in [9.17, 15) is 4.79 Å². The van der Waals surface area contributed by atoms with Crippen LogP contribution in [0, 0.1) is 5.92 Å². The molecule has 0 saturated heterocycles. The van der Waals surface area contributed by atoms with Gasteiger partial charge in [-0.25, -0.2) is 0 Å². The average Bonchev–Trinajstić information content (AvgIpc) is 2.29. The molecule has 4 nitrogen and oxygen atoms in total. The van der Waals surface area contributed by atoms with E-state index in [1.54, 1.807) is 0 Å². The van der Waals surface area contributed by atoms with Crippen LogP contribution in [0.25, 0.3) is 0 Å². The first-order valence-corrected chi connectivity index (χ1v) is 7.13. The predicted octanol–water partition coefficient (Wildman–Crippen LogP) is 1.65. The van der Waals surface area contributed by atoms with Gasteiger partial charge in [-0.3, -0.25) is 4.79 Å². The van der Waals surface area contributed by atoms with E-state index in [0.717, 1.165) is 25.6 Å². The predicted molar refractivity (Wildman–Crippen MR) is 73.5 cm³/mol. The minimum Gasteiger partial charge on any atom is -0.468 e. The summed E-state index contributed by atoms with van der Waals surface area (Å²) in [7, 11) is 1.46. The smallest absolute Gasteiger partial charge is 0.324 e. The lowest BCUT2D eigenvalue weighted by Gasteiger charge is -2.33. The molecule has 0 aliphatic heterocycles. The molecule has 1 saturated carbocycles. The lowest BCUT2D eigenvalue weighted by Crippen LogP contribution is -2.50. The van der Waals surface area contributed by atoms with E-state index in [1.807, 2.05) is 0 Å². The molecule has 1 aliphatic rings. The van der Waals surface area contributed by atoms with Crippen LogP contribution in [0.1, 0.15) is 40.0 Å². The number of methoxy groups -OCH3 is 1. The molecule has 0 spiro atoms. The van der Waals surface area contributed by atoms with Crippen molar-refractivity contribution in [3.63, 3.8) is 0 Å². The Morgan fingerprint density at radius 3 is 2.50 bits per heavy atom. The van der Waals surface area contributed by atoms with Crippen LogP contribution in [0.3, 0.4) is 0 Å². The SMILES string of the molecule is CCN(CC1CCC1)CC(NC(C)C)C(=O)OC. The number of ether oxygens (including phenoxy) is 1. The van der Waals surface area contributed by atoms with E-state index in [-0.39, 0.29) is 18.1 Å². The number of nitrogens with one attached hydrogen (secondary N) is 1. The van der Waals surface area contributed by atoms with Crippen LogP contribution >= 0.6 is 0 Å². The van der Waals surface area contributed by atoms with Crippen molar-refractivity contribution in [3.8, 4) is 0 Å². The zero-order valence-electron chi connectivity index (χ0n) is 12.2. The molecule has 1 unspecified atom stereocenters. The Balaban J connectivity index is 2.46. The topological polar surface area (TPSA) is 41.6 Å². The molecule has 0 aromatic carbocycles. The van der Waals surface area contributed by atoms with Crippen LogP contribution in [0.15, 0.2) is 0 Å². The van der Waals surface area contributed by atoms with Gasteiger partial charge in [-0.05, 0) is 25.3 Å². The first-order chi connectivity index (χ1) is 8.56. The first-order valence-electron chi connectivity index (χ1n) is 7.13. The van der Waals surface area contributed by atoms with Gasteiger partial charge in [0.05, 0.1) is 7.11 Å². The van der Waals surface area contributed by atoms with Crippen LogP contribution in [0.5, 0.6) is 0 Å². The second-order valence-corrected chi connectivity index (χ2v) is 5.55. The van der Waals surface area contributed by atoms with Crippen LogP contribution in [0.2, 0.25) is 0 Å². The van der Waals surface area contributed by atoms with Gasteiger partial charge >= 0.3 is 5.97 Å². The number of hydrogen-bond acceptors (Lipinski definition) is 4. The minimum absolute atomic E-state index is 0.157. The summed E-state index contributed by atoms with van der Waals surface area (Å²) in [5, 5.41) is 3.29.